The first-order valence-corrected chi connectivity index (χ1v) is 6.10. The van der Waals surface area contributed by atoms with E-state index >= 15 is 0 Å². The Kier molecular flexibility index (Phi) is 2.82. The SMILES string of the molecule is Cc1cc(C)c(C#N)c(NC(C)(C)C2CC2)n1. The molecule has 0 spiro atoms. The van der Waals surface area contributed by atoms with Crippen LogP contribution in [-0.2, 0) is 0 Å². The molecule has 1 fully saturated rings. The van der Waals surface area contributed by atoms with Gasteiger partial charge < -0.3 is 5.32 Å². The first-order chi connectivity index (χ1) is 7.94. The van der Waals surface area contributed by atoms with Gasteiger partial charge in [-0.15, -0.1) is 0 Å². The zero-order chi connectivity index (χ0) is 12.6. The number of hydrogen-bond acceptors (Lipinski definition) is 3. The molecule has 0 bridgehead atoms. The van der Waals surface area contributed by atoms with Crippen molar-refractivity contribution < 1.29 is 0 Å². The lowest BCUT2D eigenvalue weighted by molar-refractivity contribution is 0.492. The second-order valence-corrected chi connectivity index (χ2v) is 5.54. The van der Waals surface area contributed by atoms with E-state index in [2.05, 4.69) is 30.2 Å². The van der Waals surface area contributed by atoms with Crippen molar-refractivity contribution in [2.24, 2.45) is 5.92 Å². The minimum Gasteiger partial charge on any atom is -0.364 e. The van der Waals surface area contributed by atoms with Gasteiger partial charge in [0.1, 0.15) is 11.9 Å². The number of hydrogen-bond donors (Lipinski definition) is 1. The molecule has 1 saturated carbocycles. The zero-order valence-corrected chi connectivity index (χ0v) is 11.0. The summed E-state index contributed by atoms with van der Waals surface area (Å²) in [4.78, 5) is 4.47. The topological polar surface area (TPSA) is 48.7 Å². The standard InChI is InChI=1S/C14H19N3/c1-9-7-10(2)16-13(12(9)8-15)17-14(3,4)11-5-6-11/h7,11H,5-6H2,1-4H3,(H,16,17). The van der Waals surface area contributed by atoms with Crippen molar-refractivity contribution in [3.05, 3.63) is 22.9 Å². The van der Waals surface area contributed by atoms with Crippen molar-refractivity contribution in [3.63, 3.8) is 0 Å². The molecule has 1 aliphatic carbocycles. The maximum atomic E-state index is 9.21. The van der Waals surface area contributed by atoms with Crippen LogP contribution in [-0.4, -0.2) is 10.5 Å². The van der Waals surface area contributed by atoms with Gasteiger partial charge in [-0.05, 0) is 58.1 Å². The first kappa shape index (κ1) is 11.9. The van der Waals surface area contributed by atoms with E-state index in [1.807, 2.05) is 19.9 Å². The third-order valence-corrected chi connectivity index (χ3v) is 3.50. The lowest BCUT2D eigenvalue weighted by Gasteiger charge is -2.27. The van der Waals surface area contributed by atoms with E-state index in [0.717, 1.165) is 17.1 Å². The summed E-state index contributed by atoms with van der Waals surface area (Å²) in [6.45, 7) is 8.29. The van der Waals surface area contributed by atoms with E-state index in [1.165, 1.54) is 12.8 Å². The third kappa shape index (κ3) is 2.41. The minimum absolute atomic E-state index is 0.0266. The summed E-state index contributed by atoms with van der Waals surface area (Å²) in [6, 6.07) is 4.20. The van der Waals surface area contributed by atoms with Gasteiger partial charge in [0.05, 0.1) is 5.56 Å². The largest absolute Gasteiger partial charge is 0.364 e. The van der Waals surface area contributed by atoms with E-state index in [0.29, 0.717) is 11.5 Å². The summed E-state index contributed by atoms with van der Waals surface area (Å²) in [5.74, 6) is 1.44. The van der Waals surface area contributed by atoms with Crippen LogP contribution in [0.5, 0.6) is 0 Å². The lowest BCUT2D eigenvalue weighted by atomic mass is 9.98. The van der Waals surface area contributed by atoms with Gasteiger partial charge in [-0.2, -0.15) is 5.26 Å². The Hall–Kier alpha value is -1.56. The summed E-state index contributed by atoms with van der Waals surface area (Å²) in [7, 11) is 0. The number of nitrogens with zero attached hydrogens (tertiary/aromatic N) is 2. The van der Waals surface area contributed by atoms with E-state index < -0.39 is 0 Å². The van der Waals surface area contributed by atoms with Gasteiger partial charge in [-0.25, -0.2) is 4.98 Å². The van der Waals surface area contributed by atoms with Crippen LogP contribution in [0.25, 0.3) is 0 Å². The van der Waals surface area contributed by atoms with Crippen molar-refractivity contribution in [3.8, 4) is 6.07 Å². The van der Waals surface area contributed by atoms with Gasteiger partial charge >= 0.3 is 0 Å². The summed E-state index contributed by atoms with van der Waals surface area (Å²) in [5, 5.41) is 12.7. The summed E-state index contributed by atoms with van der Waals surface area (Å²) in [6.07, 6.45) is 2.54. The smallest absolute Gasteiger partial charge is 0.144 e. The van der Waals surface area contributed by atoms with Gasteiger partial charge in [0.15, 0.2) is 0 Å². The van der Waals surface area contributed by atoms with Crippen LogP contribution < -0.4 is 5.32 Å². The normalized spacial score (nSPS) is 15.5. The Balaban J connectivity index is 2.35. The summed E-state index contributed by atoms with van der Waals surface area (Å²) < 4.78 is 0. The molecule has 0 radical (unpaired) electrons. The fourth-order valence-corrected chi connectivity index (χ4v) is 2.28. The van der Waals surface area contributed by atoms with Gasteiger partial charge in [-0.3, -0.25) is 0 Å². The number of pyridine rings is 1. The first-order valence-electron chi connectivity index (χ1n) is 6.10. The Bertz CT molecular complexity index is 479. The Morgan fingerprint density at radius 1 is 1.41 bits per heavy atom. The van der Waals surface area contributed by atoms with E-state index in [1.54, 1.807) is 0 Å². The molecule has 0 aliphatic heterocycles. The van der Waals surface area contributed by atoms with Crippen molar-refractivity contribution in [1.29, 1.82) is 5.26 Å². The van der Waals surface area contributed by atoms with Crippen LogP contribution in [0.3, 0.4) is 0 Å². The van der Waals surface area contributed by atoms with Gasteiger partial charge in [-0.1, -0.05) is 0 Å². The maximum Gasteiger partial charge on any atom is 0.144 e. The van der Waals surface area contributed by atoms with Gasteiger partial charge in [0, 0.05) is 11.2 Å². The molecule has 1 N–H and O–H groups in total. The van der Waals surface area contributed by atoms with Crippen molar-refractivity contribution in [2.45, 2.75) is 46.1 Å². The van der Waals surface area contributed by atoms with Crippen LogP contribution in [0.15, 0.2) is 6.07 Å². The van der Waals surface area contributed by atoms with Crippen LogP contribution in [0.1, 0.15) is 43.5 Å². The summed E-state index contributed by atoms with van der Waals surface area (Å²) >= 11 is 0. The van der Waals surface area contributed by atoms with Crippen molar-refractivity contribution in [1.82, 2.24) is 4.98 Å². The predicted octanol–water partition coefficient (Wildman–Crippen LogP) is 3.17. The molecule has 0 amide bonds. The number of aryl methyl sites for hydroxylation is 2. The van der Waals surface area contributed by atoms with Crippen molar-refractivity contribution >= 4 is 5.82 Å². The second kappa shape index (κ2) is 4.03. The Labute approximate surface area is 103 Å². The molecule has 2 rings (SSSR count). The molecule has 0 aromatic carbocycles. The molecule has 0 unspecified atom stereocenters. The summed E-state index contributed by atoms with van der Waals surface area (Å²) in [5.41, 5.74) is 2.65. The van der Waals surface area contributed by atoms with Gasteiger partial charge in [0.25, 0.3) is 0 Å². The van der Waals surface area contributed by atoms with Gasteiger partial charge in [0.2, 0.25) is 0 Å². The molecule has 0 atom stereocenters. The maximum absolute atomic E-state index is 9.21. The molecule has 90 valence electrons. The number of anilines is 1. The second-order valence-electron chi connectivity index (χ2n) is 5.54. The number of aromatic nitrogens is 1. The molecule has 1 aromatic rings. The van der Waals surface area contributed by atoms with E-state index in [4.69, 9.17) is 0 Å². The molecule has 0 saturated heterocycles. The highest BCUT2D eigenvalue weighted by atomic mass is 15.1. The third-order valence-electron chi connectivity index (χ3n) is 3.50. The fourth-order valence-electron chi connectivity index (χ4n) is 2.28. The molecule has 1 aliphatic rings. The van der Waals surface area contributed by atoms with Crippen LogP contribution >= 0.6 is 0 Å². The Morgan fingerprint density at radius 2 is 2.06 bits per heavy atom. The molecule has 3 nitrogen and oxygen atoms in total. The average Bonchev–Trinajstić information content (AvgIpc) is 2.98. The molecule has 17 heavy (non-hydrogen) atoms. The molecular formula is C14H19N3. The van der Waals surface area contributed by atoms with Crippen LogP contribution in [0, 0.1) is 31.1 Å². The highest BCUT2D eigenvalue weighted by Crippen LogP contribution is 2.41. The highest BCUT2D eigenvalue weighted by Gasteiger charge is 2.38. The number of nitrogens with one attached hydrogen (secondary N) is 1. The molecular weight excluding hydrogens is 210 g/mol. The fraction of sp³-hybridized carbons (Fsp3) is 0.571. The molecule has 3 heteroatoms. The quantitative estimate of drug-likeness (QED) is 0.866. The number of nitriles is 1. The minimum atomic E-state index is 0.0266. The highest BCUT2D eigenvalue weighted by molar-refractivity contribution is 5.57. The van der Waals surface area contributed by atoms with E-state index in [-0.39, 0.29) is 5.54 Å². The van der Waals surface area contributed by atoms with E-state index in [9.17, 15) is 5.26 Å². The number of rotatable bonds is 3. The predicted molar refractivity (Wildman–Crippen MR) is 68.9 cm³/mol. The van der Waals surface area contributed by atoms with Crippen LogP contribution in [0.4, 0.5) is 5.82 Å². The average molecular weight is 229 g/mol. The molecule has 1 heterocycles. The lowest BCUT2D eigenvalue weighted by Crippen LogP contribution is -2.34. The van der Waals surface area contributed by atoms with Crippen LogP contribution in [0.2, 0.25) is 0 Å². The zero-order valence-electron chi connectivity index (χ0n) is 11.0. The Morgan fingerprint density at radius 3 is 2.59 bits per heavy atom. The van der Waals surface area contributed by atoms with Crippen molar-refractivity contribution in [2.75, 3.05) is 5.32 Å². The molecule has 1 aromatic heterocycles. The monoisotopic (exact) mass is 229 g/mol.